The summed E-state index contributed by atoms with van der Waals surface area (Å²) in [4.78, 5) is 30.2. The van der Waals surface area contributed by atoms with Gasteiger partial charge in [-0.15, -0.1) is 0 Å². The van der Waals surface area contributed by atoms with E-state index in [-0.39, 0.29) is 23.4 Å². The van der Waals surface area contributed by atoms with Gasteiger partial charge in [-0.25, -0.2) is 9.59 Å². The summed E-state index contributed by atoms with van der Waals surface area (Å²) in [5.74, 6) is 2.94. The van der Waals surface area contributed by atoms with Crippen molar-refractivity contribution in [2.75, 3.05) is 20.6 Å². The van der Waals surface area contributed by atoms with E-state index in [9.17, 15) is 9.59 Å². The van der Waals surface area contributed by atoms with Crippen molar-refractivity contribution >= 4 is 12.1 Å². The number of allylic oxidation sites excluding steroid dienone is 1. The average Bonchev–Trinajstić information content (AvgIpc) is 3.31. The zero-order valence-electron chi connectivity index (χ0n) is 26.1. The molecule has 6 nitrogen and oxygen atoms in total. The number of rotatable bonds is 4. The Kier molecular flexibility index (Phi) is 7.47. The molecule has 3 saturated carbocycles. The van der Waals surface area contributed by atoms with Crippen LogP contribution in [0.2, 0.25) is 0 Å². The first-order valence-corrected chi connectivity index (χ1v) is 15.7. The minimum atomic E-state index is -0.658. The molecule has 1 heterocycles. The van der Waals surface area contributed by atoms with E-state index in [4.69, 9.17) is 9.47 Å². The number of ether oxygens (including phenoxy) is 2. The molecule has 1 saturated heterocycles. The summed E-state index contributed by atoms with van der Waals surface area (Å²) in [6.07, 6.45) is 11.6. The second kappa shape index (κ2) is 10.1. The number of likely N-dealkylation sites (tertiary alicyclic amines) is 1. The van der Waals surface area contributed by atoms with Crippen molar-refractivity contribution in [1.29, 1.82) is 0 Å². The number of esters is 1. The Morgan fingerprint density at radius 2 is 1.77 bits per heavy atom. The largest absolute Gasteiger partial charge is 0.460 e. The quantitative estimate of drug-likeness (QED) is 0.293. The van der Waals surface area contributed by atoms with Gasteiger partial charge in [-0.05, 0) is 120 Å². The molecule has 1 aliphatic heterocycles. The van der Waals surface area contributed by atoms with E-state index in [1.54, 1.807) is 7.05 Å². The Labute approximate surface area is 237 Å². The third-order valence-electron chi connectivity index (χ3n) is 11.9. The maximum atomic E-state index is 13.4. The van der Waals surface area contributed by atoms with Gasteiger partial charge in [0.1, 0.15) is 17.7 Å². The number of fused-ring (bicyclic) bond motifs is 4. The van der Waals surface area contributed by atoms with Gasteiger partial charge in [0.2, 0.25) is 0 Å². The molecule has 39 heavy (non-hydrogen) atoms. The summed E-state index contributed by atoms with van der Waals surface area (Å²) >= 11 is 0. The molecule has 0 unspecified atom stereocenters. The topological polar surface area (TPSA) is 59.1 Å². The highest BCUT2D eigenvalue weighted by Gasteiger charge is 2.64. The van der Waals surface area contributed by atoms with Gasteiger partial charge in [0.05, 0.1) is 0 Å². The molecule has 220 valence electrons. The summed E-state index contributed by atoms with van der Waals surface area (Å²) in [6, 6.07) is 0.0700. The maximum Gasteiger partial charge on any atom is 0.410 e. The van der Waals surface area contributed by atoms with Crippen molar-refractivity contribution in [3.8, 4) is 0 Å². The van der Waals surface area contributed by atoms with Gasteiger partial charge >= 0.3 is 12.1 Å². The number of carbonyl (C=O) groups is 2. The minimum absolute atomic E-state index is 0.0688. The van der Waals surface area contributed by atoms with Crippen LogP contribution in [0.25, 0.3) is 0 Å². The van der Waals surface area contributed by atoms with Gasteiger partial charge in [-0.1, -0.05) is 32.4 Å². The highest BCUT2D eigenvalue weighted by Crippen LogP contribution is 2.68. The molecular formula is C33H54N2O4. The summed E-state index contributed by atoms with van der Waals surface area (Å²) in [5.41, 5.74) is 1.69. The lowest BCUT2D eigenvalue weighted by molar-refractivity contribution is -0.159. The van der Waals surface area contributed by atoms with Gasteiger partial charge in [0, 0.05) is 26.1 Å². The fraction of sp³-hybridized carbons (Fsp3) is 0.879. The lowest BCUT2D eigenvalue weighted by atomic mass is 9.47. The van der Waals surface area contributed by atoms with Crippen LogP contribution in [0, 0.1) is 40.4 Å². The summed E-state index contributed by atoms with van der Waals surface area (Å²) in [6.45, 7) is 15.7. The van der Waals surface area contributed by atoms with Crippen molar-refractivity contribution in [3.63, 3.8) is 0 Å². The molecular weight excluding hydrogens is 488 g/mol. The van der Waals surface area contributed by atoms with Crippen LogP contribution < -0.4 is 0 Å². The van der Waals surface area contributed by atoms with Crippen LogP contribution in [-0.2, 0) is 14.3 Å². The Bertz CT molecular complexity index is 1000. The molecule has 0 aromatic heterocycles. The number of hydrogen-bond acceptors (Lipinski definition) is 5. The number of carbonyl (C=O) groups excluding carboxylic acids is 2. The van der Waals surface area contributed by atoms with Crippen LogP contribution in [0.3, 0.4) is 0 Å². The van der Waals surface area contributed by atoms with Crippen LogP contribution in [0.5, 0.6) is 0 Å². The van der Waals surface area contributed by atoms with E-state index in [1.807, 2.05) is 34.6 Å². The number of amides is 1. The van der Waals surface area contributed by atoms with Crippen LogP contribution in [0.15, 0.2) is 11.6 Å². The molecule has 5 rings (SSSR count). The fourth-order valence-corrected chi connectivity index (χ4v) is 10.1. The molecule has 4 aliphatic carbocycles. The molecule has 0 N–H and O–H groups in total. The molecule has 0 radical (unpaired) electrons. The normalized spacial score (nSPS) is 40.6. The van der Waals surface area contributed by atoms with Crippen LogP contribution >= 0.6 is 0 Å². The molecule has 4 fully saturated rings. The zero-order valence-corrected chi connectivity index (χ0v) is 26.1. The van der Waals surface area contributed by atoms with Gasteiger partial charge in [0.15, 0.2) is 0 Å². The standard InChI is InChI=1S/C33H54N2O4/c1-20(2)28(35(9)30(37)39-31(4,5)6)29(36)38-23-14-16-32(7)22(18-23)10-11-24-26(32)15-17-33-19-34(8)21(3)25(33)12-13-27(24)33/h10,20-21,23-28H,11-19H2,1-9H3/t21-,23-,24+,25+,26-,27-,28+,32-,33-/m0/s1. The van der Waals surface area contributed by atoms with Crippen molar-refractivity contribution < 1.29 is 19.1 Å². The molecule has 1 amide bonds. The second-order valence-corrected chi connectivity index (χ2v) is 15.5. The third kappa shape index (κ3) is 4.85. The Balaban J connectivity index is 1.27. The highest BCUT2D eigenvalue weighted by molar-refractivity contribution is 5.81. The van der Waals surface area contributed by atoms with E-state index in [2.05, 4.69) is 31.9 Å². The Morgan fingerprint density at radius 3 is 2.44 bits per heavy atom. The average molecular weight is 543 g/mol. The summed E-state index contributed by atoms with van der Waals surface area (Å²) in [5, 5.41) is 0. The van der Waals surface area contributed by atoms with Gasteiger partial charge < -0.3 is 14.4 Å². The van der Waals surface area contributed by atoms with Crippen LogP contribution in [-0.4, -0.2) is 66.3 Å². The predicted octanol–water partition coefficient (Wildman–Crippen LogP) is 6.68. The van der Waals surface area contributed by atoms with Crippen molar-refractivity contribution in [2.45, 2.75) is 124 Å². The number of nitrogens with zero attached hydrogens (tertiary/aromatic N) is 2. The van der Waals surface area contributed by atoms with E-state index >= 15 is 0 Å². The van der Waals surface area contributed by atoms with E-state index in [1.165, 1.54) is 49.1 Å². The third-order valence-corrected chi connectivity index (χ3v) is 11.9. The molecule has 0 bridgehead atoms. The minimum Gasteiger partial charge on any atom is -0.460 e. The summed E-state index contributed by atoms with van der Waals surface area (Å²) in [7, 11) is 3.99. The molecule has 6 heteroatoms. The molecule has 9 atom stereocenters. The van der Waals surface area contributed by atoms with Crippen LogP contribution in [0.4, 0.5) is 4.79 Å². The van der Waals surface area contributed by atoms with Crippen molar-refractivity contribution in [2.24, 2.45) is 40.4 Å². The fourth-order valence-electron chi connectivity index (χ4n) is 10.1. The van der Waals surface area contributed by atoms with Gasteiger partial charge in [-0.3, -0.25) is 4.90 Å². The monoisotopic (exact) mass is 542 g/mol. The van der Waals surface area contributed by atoms with Crippen molar-refractivity contribution in [3.05, 3.63) is 11.6 Å². The Morgan fingerprint density at radius 1 is 1.08 bits per heavy atom. The van der Waals surface area contributed by atoms with Gasteiger partial charge in [-0.2, -0.15) is 0 Å². The highest BCUT2D eigenvalue weighted by atomic mass is 16.6. The number of hydrogen-bond donors (Lipinski definition) is 0. The van der Waals surface area contributed by atoms with E-state index in [0.29, 0.717) is 5.41 Å². The van der Waals surface area contributed by atoms with Crippen molar-refractivity contribution in [1.82, 2.24) is 9.80 Å². The lowest BCUT2D eigenvalue weighted by Gasteiger charge is -2.58. The second-order valence-electron chi connectivity index (χ2n) is 15.5. The zero-order chi connectivity index (χ0) is 28.5. The van der Waals surface area contributed by atoms with Gasteiger partial charge in [0.25, 0.3) is 0 Å². The molecule has 0 aromatic carbocycles. The molecule has 1 spiro atoms. The first kappa shape index (κ1) is 29.0. The number of likely N-dealkylation sites (N-methyl/N-ethyl adjacent to an activating group) is 1. The molecule has 5 aliphatic rings. The van der Waals surface area contributed by atoms with Crippen LogP contribution in [0.1, 0.15) is 99.8 Å². The Hall–Kier alpha value is -1.56. The van der Waals surface area contributed by atoms with E-state index < -0.39 is 17.7 Å². The SMILES string of the molecule is CC(C)[C@H](C(=O)O[C@H]1CC[C@@]2(C)C(=CC[C@H]3[C@@H]4CC[C@@H]5[C@H](C)N(C)C[C@@]54CC[C@@H]32)C1)N(C)C(=O)OC(C)(C)C. The first-order chi connectivity index (χ1) is 18.2. The maximum absolute atomic E-state index is 13.4. The van der Waals surface area contributed by atoms with E-state index in [0.717, 1.165) is 49.0 Å². The summed E-state index contributed by atoms with van der Waals surface area (Å²) < 4.78 is 11.7. The predicted molar refractivity (Wildman–Crippen MR) is 154 cm³/mol. The lowest BCUT2D eigenvalue weighted by Crippen LogP contribution is -2.52. The molecule has 0 aromatic rings. The first-order valence-electron chi connectivity index (χ1n) is 15.7. The smallest absolute Gasteiger partial charge is 0.410 e.